The lowest BCUT2D eigenvalue weighted by Crippen LogP contribution is -2.56. The van der Waals surface area contributed by atoms with Crippen LogP contribution in [0.1, 0.15) is 66.7 Å². The summed E-state index contributed by atoms with van der Waals surface area (Å²) in [7, 11) is 2.45. The van der Waals surface area contributed by atoms with Gasteiger partial charge < -0.3 is 28.3 Å². The average Bonchev–Trinajstić information content (AvgIpc) is 3.84. The summed E-state index contributed by atoms with van der Waals surface area (Å²) in [5, 5.41) is 11.2. The molecule has 3 atom stereocenters. The highest BCUT2D eigenvalue weighted by molar-refractivity contribution is 6.62. The van der Waals surface area contributed by atoms with Gasteiger partial charge in [0.25, 0.3) is 0 Å². The fourth-order valence-corrected chi connectivity index (χ4v) is 7.09. The molecule has 1 aromatic heterocycles. The van der Waals surface area contributed by atoms with Crippen molar-refractivity contribution in [2.45, 2.75) is 62.1 Å². The van der Waals surface area contributed by atoms with E-state index in [0.717, 1.165) is 41.5 Å². The zero-order valence-corrected chi connectivity index (χ0v) is 28.3. The topological polar surface area (TPSA) is 70.3 Å². The number of rotatable bonds is 13. The summed E-state index contributed by atoms with van der Waals surface area (Å²) in [6.45, 7) is 2.15. The Bertz CT molecular complexity index is 1620. The number of furan rings is 1. The van der Waals surface area contributed by atoms with Crippen LogP contribution >= 0.6 is 0 Å². The van der Waals surface area contributed by atoms with Crippen LogP contribution in [0.3, 0.4) is 0 Å². The van der Waals surface area contributed by atoms with E-state index in [1.54, 1.807) is 20.3 Å². The lowest BCUT2D eigenvalue weighted by Gasteiger charge is -2.46. The lowest BCUT2D eigenvalue weighted by atomic mass is 9.71. The minimum absolute atomic E-state index is 0.289. The minimum Gasteiger partial charge on any atom is -0.466 e. The van der Waals surface area contributed by atoms with Crippen LogP contribution in [0.2, 0.25) is 0 Å². The summed E-state index contributed by atoms with van der Waals surface area (Å²) in [5.41, 5.74) is 1.80. The molecule has 2 heterocycles. The van der Waals surface area contributed by atoms with Gasteiger partial charge in [0.15, 0.2) is 6.10 Å². The molecular formula is C42H43BO6. The van der Waals surface area contributed by atoms with Gasteiger partial charge in [-0.1, -0.05) is 147 Å². The molecule has 5 aromatic rings. The Balaban J connectivity index is 1.55. The summed E-state index contributed by atoms with van der Waals surface area (Å²) in [6, 6.07) is 42.1. The predicted molar refractivity (Wildman–Crippen MR) is 192 cm³/mol. The minimum atomic E-state index is -1.16. The fourth-order valence-electron chi connectivity index (χ4n) is 7.09. The molecule has 0 radical (unpaired) electrons. The van der Waals surface area contributed by atoms with Gasteiger partial charge in [0.1, 0.15) is 29.2 Å². The van der Waals surface area contributed by atoms with Crippen LogP contribution in [0, 0.1) is 11.8 Å². The highest BCUT2D eigenvalue weighted by Crippen LogP contribution is 2.50. The first kappa shape index (κ1) is 34.4. The number of methoxy groups -OCH3 is 2. The third-order valence-corrected chi connectivity index (χ3v) is 9.44. The van der Waals surface area contributed by atoms with E-state index < -0.39 is 36.6 Å². The zero-order valence-electron chi connectivity index (χ0n) is 28.3. The number of aliphatic hydroxyl groups excluding tert-OH is 1. The van der Waals surface area contributed by atoms with E-state index >= 15 is 0 Å². The van der Waals surface area contributed by atoms with Gasteiger partial charge >= 0.3 is 7.12 Å². The van der Waals surface area contributed by atoms with Crippen molar-refractivity contribution >= 4 is 12.6 Å². The van der Waals surface area contributed by atoms with Gasteiger partial charge in [-0.05, 0) is 34.7 Å². The molecule has 0 spiro atoms. The van der Waals surface area contributed by atoms with Gasteiger partial charge in [0.2, 0.25) is 0 Å². The van der Waals surface area contributed by atoms with Crippen molar-refractivity contribution in [3.8, 4) is 11.8 Å². The Labute approximate surface area is 290 Å². The van der Waals surface area contributed by atoms with E-state index in [2.05, 4.69) is 18.8 Å². The van der Waals surface area contributed by atoms with Crippen molar-refractivity contribution in [2.75, 3.05) is 14.2 Å². The van der Waals surface area contributed by atoms with Crippen LogP contribution < -0.4 is 5.46 Å². The molecule has 0 bridgehead atoms. The van der Waals surface area contributed by atoms with Crippen LogP contribution in [0.4, 0.5) is 0 Å². The van der Waals surface area contributed by atoms with Crippen LogP contribution in [0.15, 0.2) is 138 Å². The van der Waals surface area contributed by atoms with E-state index in [9.17, 15) is 5.11 Å². The molecule has 1 aliphatic rings. The fraction of sp³-hybridized carbons (Fsp3) is 0.286. The smallest absolute Gasteiger partial charge is 0.466 e. The second kappa shape index (κ2) is 15.9. The van der Waals surface area contributed by atoms with Crippen molar-refractivity contribution in [1.82, 2.24) is 0 Å². The standard InChI is InChI=1S/C42H43BO6/c1-4-5-6-7-20-29-37(44)38-36(30-31-47-38)43-48-39(41(45-2,32-21-12-8-13-22-32)33-23-14-9-15-24-33)40(49-43)42(46-3,34-25-16-10-17-26-34)35-27-18-11-19-28-35/h8-19,21-28,30-31,37,39-40,44H,4-7H2,1-3H3/t37-,39-,40-/m1/s1. The van der Waals surface area contributed by atoms with Crippen molar-refractivity contribution in [2.24, 2.45) is 0 Å². The summed E-state index contributed by atoms with van der Waals surface area (Å²) < 4.78 is 33.6. The van der Waals surface area contributed by atoms with Crippen molar-refractivity contribution in [1.29, 1.82) is 0 Å². The van der Waals surface area contributed by atoms with Crippen LogP contribution in [-0.2, 0) is 30.0 Å². The Morgan fingerprint density at radius 1 is 0.673 bits per heavy atom. The van der Waals surface area contributed by atoms with Crippen LogP contribution in [0.25, 0.3) is 0 Å². The number of hydrogen-bond donors (Lipinski definition) is 1. The number of ether oxygens (including phenoxy) is 2. The molecule has 1 fully saturated rings. The van der Waals surface area contributed by atoms with Crippen molar-refractivity contribution in [3.63, 3.8) is 0 Å². The molecule has 1 saturated heterocycles. The summed E-state index contributed by atoms with van der Waals surface area (Å²) in [6.07, 6.45) is 2.71. The maximum Gasteiger partial charge on any atom is 0.498 e. The highest BCUT2D eigenvalue weighted by Gasteiger charge is 2.62. The van der Waals surface area contributed by atoms with Crippen LogP contribution in [0.5, 0.6) is 0 Å². The zero-order chi connectivity index (χ0) is 34.1. The third kappa shape index (κ3) is 6.63. The van der Waals surface area contributed by atoms with Gasteiger partial charge in [0.05, 0.1) is 6.26 Å². The van der Waals surface area contributed by atoms with E-state index in [0.29, 0.717) is 11.9 Å². The third-order valence-electron chi connectivity index (χ3n) is 9.44. The molecule has 6 nitrogen and oxygen atoms in total. The van der Waals surface area contributed by atoms with E-state index in [-0.39, 0.29) is 5.76 Å². The maximum atomic E-state index is 11.2. The molecule has 0 amide bonds. The van der Waals surface area contributed by atoms with E-state index in [4.69, 9.17) is 23.2 Å². The molecule has 0 unspecified atom stereocenters. The molecule has 250 valence electrons. The summed E-state index contributed by atoms with van der Waals surface area (Å²) in [5.74, 6) is 6.37. The number of hydrogen-bond acceptors (Lipinski definition) is 6. The van der Waals surface area contributed by atoms with Crippen molar-refractivity contribution < 1.29 is 28.3 Å². The normalized spacial score (nSPS) is 17.0. The first-order valence-corrected chi connectivity index (χ1v) is 17.0. The molecule has 4 aromatic carbocycles. The highest BCUT2D eigenvalue weighted by atomic mass is 16.7. The second-order valence-corrected chi connectivity index (χ2v) is 12.2. The van der Waals surface area contributed by atoms with Gasteiger partial charge in [-0.25, -0.2) is 0 Å². The number of aliphatic hydroxyl groups is 1. The Hall–Kier alpha value is -4.42. The summed E-state index contributed by atoms with van der Waals surface area (Å²) >= 11 is 0. The molecule has 1 aliphatic heterocycles. The number of unbranched alkanes of at least 4 members (excludes halogenated alkanes) is 3. The second-order valence-electron chi connectivity index (χ2n) is 12.2. The quantitative estimate of drug-likeness (QED) is 0.0804. The Kier molecular flexibility index (Phi) is 11.2. The molecule has 0 aliphatic carbocycles. The monoisotopic (exact) mass is 654 g/mol. The average molecular weight is 655 g/mol. The lowest BCUT2D eigenvalue weighted by molar-refractivity contribution is -0.136. The first-order chi connectivity index (χ1) is 24.1. The Morgan fingerprint density at radius 2 is 1.10 bits per heavy atom. The first-order valence-electron chi connectivity index (χ1n) is 17.0. The largest absolute Gasteiger partial charge is 0.498 e. The molecule has 7 heteroatoms. The maximum absolute atomic E-state index is 11.2. The molecule has 49 heavy (non-hydrogen) atoms. The SMILES string of the molecule is CCCCCC#C[C@@H](O)c1occc1B1O[C@@H](C(OC)(c2ccccc2)c2ccccc2)[C@H](C(OC)(c2ccccc2)c2ccccc2)O1. The van der Waals surface area contributed by atoms with Gasteiger partial charge in [0, 0.05) is 26.1 Å². The van der Waals surface area contributed by atoms with Gasteiger partial charge in [-0.2, -0.15) is 0 Å². The molecule has 0 saturated carbocycles. The van der Waals surface area contributed by atoms with Gasteiger partial charge in [-0.15, -0.1) is 5.92 Å². The van der Waals surface area contributed by atoms with Gasteiger partial charge in [-0.3, -0.25) is 0 Å². The predicted octanol–water partition coefficient (Wildman–Crippen LogP) is 7.56. The Morgan fingerprint density at radius 3 is 1.49 bits per heavy atom. The van der Waals surface area contributed by atoms with Crippen molar-refractivity contribution in [3.05, 3.63) is 162 Å². The summed E-state index contributed by atoms with van der Waals surface area (Å²) in [4.78, 5) is 0. The van der Waals surface area contributed by atoms with E-state index in [1.807, 2.05) is 121 Å². The van der Waals surface area contributed by atoms with Crippen LogP contribution in [-0.4, -0.2) is 38.7 Å². The molecule has 6 rings (SSSR count). The molecule has 1 N–H and O–H groups in total. The van der Waals surface area contributed by atoms with E-state index in [1.165, 1.54) is 6.26 Å². The number of benzene rings is 4. The molecular weight excluding hydrogens is 611 g/mol.